The number of nitrogens with two attached hydrogens (primary N) is 1. The van der Waals surface area contributed by atoms with Gasteiger partial charge in [-0.2, -0.15) is 0 Å². The topological polar surface area (TPSA) is 60.9 Å². The van der Waals surface area contributed by atoms with Crippen molar-refractivity contribution in [3.05, 3.63) is 63.7 Å². The van der Waals surface area contributed by atoms with Gasteiger partial charge >= 0.3 is 0 Å². The molecule has 1 aliphatic carbocycles. The van der Waals surface area contributed by atoms with Crippen LogP contribution in [0.3, 0.4) is 0 Å². The summed E-state index contributed by atoms with van der Waals surface area (Å²) < 4.78 is 1.23. The van der Waals surface area contributed by atoms with Gasteiger partial charge < -0.3 is 5.84 Å². The summed E-state index contributed by atoms with van der Waals surface area (Å²) >= 11 is 0. The van der Waals surface area contributed by atoms with Gasteiger partial charge in [-0.25, -0.2) is 9.66 Å². The first-order valence-corrected chi connectivity index (χ1v) is 7.93. The van der Waals surface area contributed by atoms with Crippen molar-refractivity contribution >= 4 is 10.9 Å². The second-order valence-electron chi connectivity index (χ2n) is 6.53. The highest BCUT2D eigenvalue weighted by molar-refractivity contribution is 5.84. The van der Waals surface area contributed by atoms with Gasteiger partial charge in [-0.15, -0.1) is 0 Å². The summed E-state index contributed by atoms with van der Waals surface area (Å²) in [5.41, 5.74) is 5.10. The van der Waals surface area contributed by atoms with Crippen molar-refractivity contribution in [1.29, 1.82) is 0 Å². The monoisotopic (exact) mass is 305 g/mol. The first-order chi connectivity index (χ1) is 11.0. The van der Waals surface area contributed by atoms with Crippen LogP contribution in [0.5, 0.6) is 0 Å². The molecule has 0 aliphatic heterocycles. The van der Waals surface area contributed by atoms with E-state index in [0.717, 1.165) is 29.5 Å². The second-order valence-corrected chi connectivity index (χ2v) is 6.53. The van der Waals surface area contributed by atoms with Crippen LogP contribution < -0.4 is 11.4 Å². The molecule has 3 aromatic rings. The number of fused-ring (bicyclic) bond motifs is 1. The largest absolute Gasteiger partial charge is 0.335 e. The molecule has 116 valence electrons. The number of hydrogen-bond donors (Lipinski definition) is 1. The molecule has 0 spiro atoms. The van der Waals surface area contributed by atoms with Crippen LogP contribution in [0.4, 0.5) is 0 Å². The van der Waals surface area contributed by atoms with Crippen molar-refractivity contribution in [1.82, 2.24) is 9.66 Å². The Morgan fingerprint density at radius 1 is 1.04 bits per heavy atom. The van der Waals surface area contributed by atoms with Crippen LogP contribution in [0, 0.1) is 13.8 Å². The quantitative estimate of drug-likeness (QED) is 0.739. The molecule has 0 radical (unpaired) electrons. The Hall–Kier alpha value is -2.62. The van der Waals surface area contributed by atoms with E-state index < -0.39 is 0 Å². The predicted molar refractivity (Wildman–Crippen MR) is 93.0 cm³/mol. The van der Waals surface area contributed by atoms with Gasteiger partial charge in [0.2, 0.25) is 0 Å². The summed E-state index contributed by atoms with van der Waals surface area (Å²) in [6, 6.07) is 12.2. The summed E-state index contributed by atoms with van der Waals surface area (Å²) in [5, 5.41) is 0.577. The van der Waals surface area contributed by atoms with E-state index in [1.54, 1.807) is 0 Å². The first-order valence-electron chi connectivity index (χ1n) is 7.93. The first kappa shape index (κ1) is 14.0. The Kier molecular flexibility index (Phi) is 3.01. The van der Waals surface area contributed by atoms with Crippen LogP contribution in [-0.2, 0) is 0 Å². The minimum absolute atomic E-state index is 0.164. The molecule has 0 bridgehead atoms. The number of aromatic nitrogens is 2. The Balaban J connectivity index is 1.92. The summed E-state index contributed by atoms with van der Waals surface area (Å²) in [6.45, 7) is 4.15. The predicted octanol–water partition coefficient (Wildman–Crippen LogP) is 3.27. The molecule has 23 heavy (non-hydrogen) atoms. The van der Waals surface area contributed by atoms with Crippen LogP contribution in [0.25, 0.3) is 22.0 Å². The Bertz CT molecular complexity index is 964. The van der Waals surface area contributed by atoms with E-state index in [0.29, 0.717) is 17.1 Å². The maximum Gasteiger partial charge on any atom is 0.279 e. The SMILES string of the molecule is Cc1cc(C)cc(-c2ccc3nc(C4CC4)n(N)c(=O)c3c2)c1. The molecular weight excluding hydrogens is 286 g/mol. The minimum Gasteiger partial charge on any atom is -0.335 e. The van der Waals surface area contributed by atoms with E-state index in [9.17, 15) is 4.79 Å². The zero-order chi connectivity index (χ0) is 16.1. The van der Waals surface area contributed by atoms with Gasteiger partial charge in [0.1, 0.15) is 5.82 Å². The summed E-state index contributed by atoms with van der Waals surface area (Å²) in [4.78, 5) is 17.2. The summed E-state index contributed by atoms with van der Waals surface area (Å²) in [5.74, 6) is 7.02. The van der Waals surface area contributed by atoms with Gasteiger partial charge in [-0.1, -0.05) is 35.4 Å². The number of nitrogens with zero attached hydrogens (tertiary/aromatic N) is 2. The molecule has 4 rings (SSSR count). The van der Waals surface area contributed by atoms with Crippen LogP contribution in [0.1, 0.15) is 35.7 Å². The molecule has 1 saturated carbocycles. The molecule has 0 atom stereocenters. The number of benzene rings is 2. The van der Waals surface area contributed by atoms with Crippen LogP contribution >= 0.6 is 0 Å². The fourth-order valence-corrected chi connectivity index (χ4v) is 3.17. The summed E-state index contributed by atoms with van der Waals surface area (Å²) in [6.07, 6.45) is 2.13. The van der Waals surface area contributed by atoms with Crippen molar-refractivity contribution in [3.63, 3.8) is 0 Å². The third-order valence-corrected chi connectivity index (χ3v) is 4.43. The molecule has 0 unspecified atom stereocenters. The lowest BCUT2D eigenvalue weighted by atomic mass is 9.99. The Morgan fingerprint density at radius 3 is 2.39 bits per heavy atom. The van der Waals surface area contributed by atoms with E-state index >= 15 is 0 Å². The lowest BCUT2D eigenvalue weighted by molar-refractivity contribution is 0.791. The van der Waals surface area contributed by atoms with Gasteiger partial charge in [0.05, 0.1) is 10.9 Å². The van der Waals surface area contributed by atoms with E-state index in [2.05, 4.69) is 37.0 Å². The van der Waals surface area contributed by atoms with Crippen molar-refractivity contribution in [2.75, 3.05) is 5.84 Å². The van der Waals surface area contributed by atoms with Gasteiger partial charge in [0.15, 0.2) is 0 Å². The van der Waals surface area contributed by atoms with E-state index in [1.165, 1.54) is 15.8 Å². The molecule has 0 saturated heterocycles. The third kappa shape index (κ3) is 2.40. The highest BCUT2D eigenvalue weighted by Gasteiger charge is 2.28. The number of rotatable bonds is 2. The minimum atomic E-state index is -0.164. The maximum atomic E-state index is 12.6. The standard InChI is InChI=1S/C19H19N3O/c1-11-7-12(2)9-15(8-11)14-5-6-17-16(10-14)19(23)22(20)18(21-17)13-3-4-13/h5-10,13H,3-4,20H2,1-2H3. The Morgan fingerprint density at radius 2 is 1.74 bits per heavy atom. The van der Waals surface area contributed by atoms with E-state index in [4.69, 9.17) is 5.84 Å². The Labute approximate surface area is 134 Å². The fourth-order valence-electron chi connectivity index (χ4n) is 3.17. The number of nitrogen functional groups attached to an aromatic ring is 1. The van der Waals surface area contributed by atoms with Crippen molar-refractivity contribution in [2.24, 2.45) is 0 Å². The average molecular weight is 305 g/mol. The molecule has 1 aromatic heterocycles. The number of hydrogen-bond acceptors (Lipinski definition) is 3. The number of aryl methyl sites for hydroxylation is 2. The summed E-state index contributed by atoms with van der Waals surface area (Å²) in [7, 11) is 0. The average Bonchev–Trinajstić information content (AvgIpc) is 3.34. The molecule has 4 heteroatoms. The molecule has 4 nitrogen and oxygen atoms in total. The smallest absolute Gasteiger partial charge is 0.279 e. The van der Waals surface area contributed by atoms with Gasteiger partial charge in [-0.05, 0) is 49.9 Å². The molecule has 0 amide bonds. The van der Waals surface area contributed by atoms with E-state index in [-0.39, 0.29) is 5.56 Å². The van der Waals surface area contributed by atoms with Crippen LogP contribution in [0.15, 0.2) is 41.2 Å². The molecule has 1 fully saturated rings. The van der Waals surface area contributed by atoms with E-state index in [1.807, 2.05) is 18.2 Å². The van der Waals surface area contributed by atoms with Crippen molar-refractivity contribution in [3.8, 4) is 11.1 Å². The third-order valence-electron chi connectivity index (χ3n) is 4.43. The highest BCUT2D eigenvalue weighted by atomic mass is 16.1. The fraction of sp³-hybridized carbons (Fsp3) is 0.263. The second kappa shape index (κ2) is 4.95. The molecular formula is C19H19N3O. The lowest BCUT2D eigenvalue weighted by Gasteiger charge is -2.10. The van der Waals surface area contributed by atoms with Crippen LogP contribution in [0.2, 0.25) is 0 Å². The van der Waals surface area contributed by atoms with Gasteiger partial charge in [0.25, 0.3) is 5.56 Å². The molecule has 1 heterocycles. The normalized spacial score (nSPS) is 14.3. The van der Waals surface area contributed by atoms with Crippen LogP contribution in [-0.4, -0.2) is 9.66 Å². The van der Waals surface area contributed by atoms with Gasteiger partial charge in [0, 0.05) is 5.92 Å². The highest BCUT2D eigenvalue weighted by Crippen LogP contribution is 2.38. The van der Waals surface area contributed by atoms with Gasteiger partial charge in [-0.3, -0.25) is 4.79 Å². The zero-order valence-corrected chi connectivity index (χ0v) is 13.3. The maximum absolute atomic E-state index is 12.6. The molecule has 1 aliphatic rings. The molecule has 2 aromatic carbocycles. The van der Waals surface area contributed by atoms with Crippen molar-refractivity contribution < 1.29 is 0 Å². The zero-order valence-electron chi connectivity index (χ0n) is 13.3. The molecule has 2 N–H and O–H groups in total. The lowest BCUT2D eigenvalue weighted by Crippen LogP contribution is -2.31. The van der Waals surface area contributed by atoms with Crippen molar-refractivity contribution in [2.45, 2.75) is 32.6 Å².